The zero-order chi connectivity index (χ0) is 16.5. The van der Waals surface area contributed by atoms with Gasteiger partial charge in [-0.2, -0.15) is 0 Å². The maximum atomic E-state index is 4.49. The van der Waals surface area contributed by atoms with Crippen LogP contribution in [0, 0.1) is 5.92 Å². The van der Waals surface area contributed by atoms with Crippen LogP contribution < -0.4 is 10.2 Å². The van der Waals surface area contributed by atoms with Crippen LogP contribution in [0.5, 0.6) is 0 Å². The Hall–Kier alpha value is -1.40. The van der Waals surface area contributed by atoms with Crippen molar-refractivity contribution in [3.63, 3.8) is 0 Å². The van der Waals surface area contributed by atoms with Gasteiger partial charge in [0.25, 0.3) is 0 Å². The Morgan fingerprint density at radius 3 is 2.42 bits per heavy atom. The molecule has 1 N–H and O–H groups in total. The van der Waals surface area contributed by atoms with E-state index in [1.165, 1.54) is 32.5 Å². The Kier molecular flexibility index (Phi) is 4.59. The van der Waals surface area contributed by atoms with E-state index in [0.717, 1.165) is 49.8 Å². The molecule has 0 saturated carbocycles. The van der Waals surface area contributed by atoms with Crippen LogP contribution in [0.2, 0.25) is 0 Å². The number of hydrogen-bond acceptors (Lipinski definition) is 6. The van der Waals surface area contributed by atoms with Crippen molar-refractivity contribution in [2.75, 3.05) is 56.0 Å². The Morgan fingerprint density at radius 2 is 1.79 bits per heavy atom. The summed E-state index contributed by atoms with van der Waals surface area (Å²) in [5.74, 6) is 2.92. The third-order valence-corrected chi connectivity index (χ3v) is 5.82. The van der Waals surface area contributed by atoms with E-state index < -0.39 is 0 Å². The average molecular weight is 330 g/mol. The molecule has 132 valence electrons. The summed E-state index contributed by atoms with van der Waals surface area (Å²) in [6.07, 6.45) is 4.49. The first-order chi connectivity index (χ1) is 11.7. The minimum Gasteiger partial charge on any atom is -0.368 e. The zero-order valence-corrected chi connectivity index (χ0v) is 15.0. The van der Waals surface area contributed by atoms with Crippen LogP contribution in [0.4, 0.5) is 11.6 Å². The van der Waals surface area contributed by atoms with E-state index in [9.17, 15) is 0 Å². The smallest absolute Gasteiger partial charge is 0.134 e. The fourth-order valence-electron chi connectivity index (χ4n) is 4.52. The topological polar surface area (TPSA) is 47.5 Å². The van der Waals surface area contributed by atoms with E-state index in [2.05, 4.69) is 49.9 Å². The van der Waals surface area contributed by atoms with Gasteiger partial charge in [-0.3, -0.25) is 4.90 Å². The highest BCUT2D eigenvalue weighted by Gasteiger charge is 2.38. The molecule has 2 bridgehead atoms. The highest BCUT2D eigenvalue weighted by molar-refractivity contribution is 5.49. The van der Waals surface area contributed by atoms with Crippen molar-refractivity contribution in [3.8, 4) is 0 Å². The molecule has 0 spiro atoms. The van der Waals surface area contributed by atoms with E-state index in [4.69, 9.17) is 0 Å². The summed E-state index contributed by atoms with van der Waals surface area (Å²) in [4.78, 5) is 16.6. The molecule has 6 heteroatoms. The van der Waals surface area contributed by atoms with Gasteiger partial charge in [-0.1, -0.05) is 0 Å². The second-order valence-electron chi connectivity index (χ2n) is 7.79. The fraction of sp³-hybridized carbons (Fsp3) is 0.778. The van der Waals surface area contributed by atoms with Crippen molar-refractivity contribution in [1.82, 2.24) is 19.8 Å². The highest BCUT2D eigenvalue weighted by Crippen LogP contribution is 2.31. The summed E-state index contributed by atoms with van der Waals surface area (Å²) in [6.45, 7) is 12.7. The van der Waals surface area contributed by atoms with E-state index in [1.54, 1.807) is 6.33 Å². The summed E-state index contributed by atoms with van der Waals surface area (Å²) < 4.78 is 0. The Labute approximate surface area is 145 Å². The zero-order valence-electron chi connectivity index (χ0n) is 15.0. The molecule has 4 fully saturated rings. The molecule has 4 aliphatic rings. The molecule has 0 amide bonds. The van der Waals surface area contributed by atoms with E-state index in [-0.39, 0.29) is 0 Å². The summed E-state index contributed by atoms with van der Waals surface area (Å²) >= 11 is 0. The van der Waals surface area contributed by atoms with Crippen LogP contribution in [0.1, 0.15) is 26.7 Å². The lowest BCUT2D eigenvalue weighted by Crippen LogP contribution is -2.61. The number of nitrogens with one attached hydrogen (secondary N) is 1. The van der Waals surface area contributed by atoms with Crippen LogP contribution >= 0.6 is 0 Å². The number of aromatic nitrogens is 2. The van der Waals surface area contributed by atoms with Crippen molar-refractivity contribution < 1.29 is 0 Å². The summed E-state index contributed by atoms with van der Waals surface area (Å²) in [5.41, 5.74) is 0. The second kappa shape index (κ2) is 6.84. The monoisotopic (exact) mass is 330 g/mol. The number of piperidine rings is 3. The first-order valence-electron chi connectivity index (χ1n) is 9.49. The van der Waals surface area contributed by atoms with Crippen LogP contribution in [0.25, 0.3) is 0 Å². The van der Waals surface area contributed by atoms with Gasteiger partial charge in [-0.15, -0.1) is 0 Å². The minimum absolute atomic E-state index is 0.390. The third kappa shape index (κ3) is 3.35. The van der Waals surface area contributed by atoms with Crippen LogP contribution in [0.15, 0.2) is 12.4 Å². The second-order valence-corrected chi connectivity index (χ2v) is 7.79. The molecule has 4 aliphatic heterocycles. The maximum absolute atomic E-state index is 4.49. The van der Waals surface area contributed by atoms with Crippen molar-refractivity contribution in [3.05, 3.63) is 12.4 Å². The number of anilines is 2. The minimum atomic E-state index is 0.390. The highest BCUT2D eigenvalue weighted by atomic mass is 15.3. The summed E-state index contributed by atoms with van der Waals surface area (Å²) in [7, 11) is 0. The van der Waals surface area contributed by atoms with Gasteiger partial charge in [0, 0.05) is 50.9 Å². The molecular weight excluding hydrogens is 300 g/mol. The lowest BCUT2D eigenvalue weighted by atomic mass is 9.83. The number of hydrogen-bond donors (Lipinski definition) is 1. The number of nitrogens with zero attached hydrogens (tertiary/aromatic N) is 5. The lowest BCUT2D eigenvalue weighted by molar-refractivity contribution is 0.00306. The standard InChI is InChI=1S/C18H30N6/c1-14(2)21-17-11-18(20-13-19-17)24-9-7-23(8-10-24)16-12-22-5-3-15(16)4-6-22/h11,13-16H,3-10,12H2,1-2H3,(H,19,20,21). The first-order valence-corrected chi connectivity index (χ1v) is 9.49. The summed E-state index contributed by atoms with van der Waals surface area (Å²) in [6, 6.07) is 3.27. The molecule has 6 nitrogen and oxygen atoms in total. The Bertz CT molecular complexity index is 546. The molecule has 0 radical (unpaired) electrons. The van der Waals surface area contributed by atoms with Gasteiger partial charge in [0.1, 0.15) is 18.0 Å². The van der Waals surface area contributed by atoms with Gasteiger partial charge in [0.2, 0.25) is 0 Å². The van der Waals surface area contributed by atoms with Crippen LogP contribution in [-0.4, -0.2) is 77.7 Å². The normalized spacial score (nSPS) is 30.8. The first kappa shape index (κ1) is 16.1. The molecule has 1 aromatic heterocycles. The van der Waals surface area contributed by atoms with Crippen molar-refractivity contribution in [2.24, 2.45) is 5.92 Å². The predicted octanol–water partition coefficient (Wildman–Crippen LogP) is 1.51. The molecule has 1 aromatic rings. The van der Waals surface area contributed by atoms with Crippen molar-refractivity contribution in [1.29, 1.82) is 0 Å². The third-order valence-electron chi connectivity index (χ3n) is 5.82. The van der Waals surface area contributed by atoms with Gasteiger partial charge in [-0.25, -0.2) is 9.97 Å². The van der Waals surface area contributed by atoms with Gasteiger partial charge in [-0.05, 0) is 45.7 Å². The molecule has 4 saturated heterocycles. The largest absolute Gasteiger partial charge is 0.368 e. The van der Waals surface area contributed by atoms with Crippen molar-refractivity contribution in [2.45, 2.75) is 38.8 Å². The lowest BCUT2D eigenvalue weighted by Gasteiger charge is -2.51. The summed E-state index contributed by atoms with van der Waals surface area (Å²) in [5, 5.41) is 3.37. The molecule has 1 unspecified atom stereocenters. The number of rotatable bonds is 4. The average Bonchev–Trinajstić information content (AvgIpc) is 2.62. The Balaban J connectivity index is 1.36. The molecule has 24 heavy (non-hydrogen) atoms. The molecule has 0 aromatic carbocycles. The van der Waals surface area contributed by atoms with Crippen molar-refractivity contribution >= 4 is 11.6 Å². The maximum Gasteiger partial charge on any atom is 0.134 e. The van der Waals surface area contributed by atoms with Gasteiger partial charge < -0.3 is 15.1 Å². The van der Waals surface area contributed by atoms with Crippen LogP contribution in [0.3, 0.4) is 0 Å². The van der Waals surface area contributed by atoms with E-state index >= 15 is 0 Å². The Morgan fingerprint density at radius 1 is 1.04 bits per heavy atom. The molecule has 5 heterocycles. The molecule has 5 rings (SSSR count). The van der Waals surface area contributed by atoms with Crippen LogP contribution in [-0.2, 0) is 0 Å². The predicted molar refractivity (Wildman–Crippen MR) is 97.5 cm³/mol. The van der Waals surface area contributed by atoms with Gasteiger partial charge >= 0.3 is 0 Å². The molecular formula is C18H30N6. The number of fused-ring (bicyclic) bond motifs is 3. The van der Waals surface area contributed by atoms with Gasteiger partial charge in [0.15, 0.2) is 0 Å². The molecule has 0 aliphatic carbocycles. The fourth-order valence-corrected chi connectivity index (χ4v) is 4.52. The van der Waals surface area contributed by atoms with Gasteiger partial charge in [0.05, 0.1) is 0 Å². The number of piperazine rings is 1. The van der Waals surface area contributed by atoms with E-state index in [1.807, 2.05) is 0 Å². The molecule has 1 atom stereocenters. The quantitative estimate of drug-likeness (QED) is 0.903. The van der Waals surface area contributed by atoms with E-state index in [0.29, 0.717) is 6.04 Å². The SMILES string of the molecule is CC(C)Nc1cc(N2CCN(C3CN4CCC3CC4)CC2)ncn1.